The highest BCUT2D eigenvalue weighted by atomic mass is 35.5. The zero-order valence-corrected chi connectivity index (χ0v) is 18.3. The van der Waals surface area contributed by atoms with Crippen LogP contribution in [0.2, 0.25) is 0 Å². The van der Waals surface area contributed by atoms with Crippen LogP contribution in [0.4, 0.5) is 0 Å². The molecule has 0 saturated carbocycles. The van der Waals surface area contributed by atoms with Gasteiger partial charge in [-0.15, -0.1) is 12.4 Å². The normalized spacial score (nSPS) is 12.0. The van der Waals surface area contributed by atoms with Crippen molar-refractivity contribution in [2.24, 2.45) is 0 Å². The Balaban J connectivity index is 0. The largest absolute Gasteiger partial charge is 0.341 e. The summed E-state index contributed by atoms with van der Waals surface area (Å²) in [7, 11) is 4.03. The molecule has 1 amide bonds. The zero-order chi connectivity index (χ0) is 18.0. The lowest BCUT2D eigenvalue weighted by Crippen LogP contribution is -2.44. The Kier molecular flexibility index (Phi) is 21.6. The molecule has 1 atom stereocenters. The van der Waals surface area contributed by atoms with Gasteiger partial charge < -0.3 is 5.32 Å². The number of nitrogens with one attached hydrogen (secondary N) is 1. The Hall–Kier alpha value is -0.280. The Bertz CT molecular complexity index is 285. The van der Waals surface area contributed by atoms with Crippen molar-refractivity contribution in [2.75, 3.05) is 14.1 Å². The van der Waals surface area contributed by atoms with Gasteiger partial charge in [0, 0.05) is 6.42 Å². The van der Waals surface area contributed by atoms with Crippen molar-refractivity contribution >= 4 is 18.3 Å². The Morgan fingerprint density at radius 2 is 1.16 bits per heavy atom. The molecule has 4 heteroatoms. The minimum Gasteiger partial charge on any atom is -0.341 e. The van der Waals surface area contributed by atoms with Crippen LogP contribution >= 0.6 is 12.4 Å². The number of halogens is 1. The first-order valence-electron chi connectivity index (χ1n) is 10.6. The molecule has 1 N–H and O–H groups in total. The average Bonchev–Trinajstić information content (AvgIpc) is 2.56. The van der Waals surface area contributed by atoms with Gasteiger partial charge in [-0.1, -0.05) is 90.9 Å². The molecule has 152 valence electrons. The second kappa shape index (κ2) is 20.0. The van der Waals surface area contributed by atoms with Crippen LogP contribution in [0.1, 0.15) is 110 Å². The molecule has 0 radical (unpaired) electrons. The number of carbonyl (C=O) groups is 1. The Labute approximate surface area is 164 Å². The summed E-state index contributed by atoms with van der Waals surface area (Å²) < 4.78 is 0. The fourth-order valence-corrected chi connectivity index (χ4v) is 3.16. The molecule has 0 bridgehead atoms. The molecule has 3 nitrogen and oxygen atoms in total. The van der Waals surface area contributed by atoms with Crippen molar-refractivity contribution in [1.29, 1.82) is 0 Å². The fourth-order valence-electron chi connectivity index (χ4n) is 3.16. The highest BCUT2D eigenvalue weighted by Crippen LogP contribution is 2.13. The molecule has 0 aromatic heterocycles. The Morgan fingerprint density at radius 3 is 1.52 bits per heavy atom. The summed E-state index contributed by atoms with van der Waals surface area (Å²) in [5.41, 5.74) is 0. The van der Waals surface area contributed by atoms with E-state index in [1.807, 2.05) is 14.1 Å². The van der Waals surface area contributed by atoms with Crippen molar-refractivity contribution in [3.63, 3.8) is 0 Å². The third kappa shape index (κ3) is 18.3. The van der Waals surface area contributed by atoms with E-state index in [9.17, 15) is 4.79 Å². The molecule has 0 aliphatic carbocycles. The first kappa shape index (κ1) is 26.9. The zero-order valence-electron chi connectivity index (χ0n) is 17.4. The maximum atomic E-state index is 11.9. The van der Waals surface area contributed by atoms with Crippen LogP contribution in [0, 0.1) is 0 Å². The van der Waals surface area contributed by atoms with Crippen LogP contribution < -0.4 is 5.32 Å². The van der Waals surface area contributed by atoms with Crippen molar-refractivity contribution in [3.05, 3.63) is 0 Å². The van der Waals surface area contributed by atoms with Gasteiger partial charge in [0.1, 0.15) is 0 Å². The van der Waals surface area contributed by atoms with Crippen LogP contribution in [-0.4, -0.2) is 31.1 Å². The summed E-state index contributed by atoms with van der Waals surface area (Å²) in [6, 6.07) is 0. The number of hydrogen-bond acceptors (Lipinski definition) is 2. The van der Waals surface area contributed by atoms with Crippen LogP contribution in [0.3, 0.4) is 0 Å². The molecule has 0 aliphatic heterocycles. The molecule has 0 fully saturated rings. The summed E-state index contributed by atoms with van der Waals surface area (Å²) in [6.07, 6.45) is 19.3. The molecule has 0 aliphatic rings. The van der Waals surface area contributed by atoms with Crippen molar-refractivity contribution in [2.45, 2.75) is 116 Å². The second-order valence-electron chi connectivity index (χ2n) is 7.45. The summed E-state index contributed by atoms with van der Waals surface area (Å²) >= 11 is 0. The van der Waals surface area contributed by atoms with E-state index in [0.717, 1.165) is 12.8 Å². The smallest absolute Gasteiger partial charge is 0.221 e. The first-order chi connectivity index (χ1) is 11.6. The van der Waals surface area contributed by atoms with Gasteiger partial charge in [-0.25, -0.2) is 0 Å². The minimum atomic E-state index is 0. The lowest BCUT2D eigenvalue weighted by molar-refractivity contribution is -0.123. The van der Waals surface area contributed by atoms with E-state index in [1.165, 1.54) is 77.0 Å². The number of rotatable bonds is 17. The van der Waals surface area contributed by atoms with E-state index in [-0.39, 0.29) is 24.5 Å². The summed E-state index contributed by atoms with van der Waals surface area (Å²) in [5.74, 6) is 0.207. The molecular weight excluding hydrogens is 332 g/mol. The quantitative estimate of drug-likeness (QED) is 0.238. The molecule has 0 rings (SSSR count). The molecule has 1 unspecified atom stereocenters. The maximum absolute atomic E-state index is 11.9. The van der Waals surface area contributed by atoms with Crippen LogP contribution in [0.15, 0.2) is 0 Å². The third-order valence-electron chi connectivity index (χ3n) is 4.85. The highest BCUT2D eigenvalue weighted by Gasteiger charge is 2.11. The number of unbranched alkanes of at least 4 members (excludes halogenated alkanes) is 12. The Morgan fingerprint density at radius 1 is 0.760 bits per heavy atom. The van der Waals surface area contributed by atoms with Gasteiger partial charge in [0.2, 0.25) is 5.91 Å². The molecule has 0 heterocycles. The second-order valence-corrected chi connectivity index (χ2v) is 7.45. The van der Waals surface area contributed by atoms with Crippen LogP contribution in [-0.2, 0) is 4.79 Å². The maximum Gasteiger partial charge on any atom is 0.221 e. The van der Waals surface area contributed by atoms with Crippen molar-refractivity contribution in [3.8, 4) is 0 Å². The first-order valence-corrected chi connectivity index (χ1v) is 10.6. The highest BCUT2D eigenvalue weighted by molar-refractivity contribution is 5.85. The average molecular weight is 377 g/mol. The molecule has 25 heavy (non-hydrogen) atoms. The standard InChI is InChI=1S/C21H44N2O.ClH/c1-5-7-8-9-10-11-12-13-14-15-16-17-18-19-21(24)22-20(6-2)23(3)4;/h20H,5-19H2,1-4H3,(H,22,24);1H. The van der Waals surface area contributed by atoms with Gasteiger partial charge in [-0.2, -0.15) is 0 Å². The lowest BCUT2D eigenvalue weighted by atomic mass is 10.0. The fraction of sp³-hybridized carbons (Fsp3) is 0.952. The van der Waals surface area contributed by atoms with Gasteiger partial charge in [0.05, 0.1) is 6.17 Å². The van der Waals surface area contributed by atoms with Gasteiger partial charge in [0.15, 0.2) is 0 Å². The van der Waals surface area contributed by atoms with E-state index in [4.69, 9.17) is 0 Å². The molecule has 0 saturated heterocycles. The molecular formula is C21H45ClN2O. The van der Waals surface area contributed by atoms with Gasteiger partial charge in [-0.05, 0) is 26.9 Å². The number of amides is 1. The topological polar surface area (TPSA) is 32.3 Å². The van der Waals surface area contributed by atoms with E-state index < -0.39 is 0 Å². The summed E-state index contributed by atoms with van der Waals surface area (Å²) in [6.45, 7) is 4.38. The number of carbonyl (C=O) groups excluding carboxylic acids is 1. The van der Waals surface area contributed by atoms with Crippen molar-refractivity contribution in [1.82, 2.24) is 10.2 Å². The van der Waals surface area contributed by atoms with E-state index in [0.29, 0.717) is 6.42 Å². The molecule has 0 aromatic carbocycles. The summed E-state index contributed by atoms with van der Waals surface area (Å²) in [5, 5.41) is 3.10. The van der Waals surface area contributed by atoms with Crippen LogP contribution in [0.25, 0.3) is 0 Å². The van der Waals surface area contributed by atoms with E-state index >= 15 is 0 Å². The third-order valence-corrected chi connectivity index (χ3v) is 4.85. The lowest BCUT2D eigenvalue weighted by Gasteiger charge is -2.23. The van der Waals surface area contributed by atoms with Crippen molar-refractivity contribution < 1.29 is 4.79 Å². The molecule has 0 spiro atoms. The monoisotopic (exact) mass is 376 g/mol. The van der Waals surface area contributed by atoms with E-state index in [1.54, 1.807) is 0 Å². The number of nitrogens with zero attached hydrogens (tertiary/aromatic N) is 1. The molecule has 0 aromatic rings. The predicted octanol–water partition coefficient (Wildman–Crippen LogP) is 6.30. The summed E-state index contributed by atoms with van der Waals surface area (Å²) in [4.78, 5) is 14.0. The van der Waals surface area contributed by atoms with Gasteiger partial charge in [0.25, 0.3) is 0 Å². The van der Waals surface area contributed by atoms with Crippen LogP contribution in [0.5, 0.6) is 0 Å². The van der Waals surface area contributed by atoms with E-state index in [2.05, 4.69) is 24.1 Å². The van der Waals surface area contributed by atoms with Gasteiger partial charge in [-0.3, -0.25) is 9.69 Å². The SMILES string of the molecule is CCCCCCCCCCCCCCCC(=O)NC(CC)N(C)C.Cl. The number of hydrogen-bond donors (Lipinski definition) is 1. The van der Waals surface area contributed by atoms with Gasteiger partial charge >= 0.3 is 0 Å². The minimum absolute atomic E-state index is 0. The predicted molar refractivity (Wildman–Crippen MR) is 113 cm³/mol.